The third kappa shape index (κ3) is 2.70. The molecule has 0 unspecified atom stereocenters. The summed E-state index contributed by atoms with van der Waals surface area (Å²) in [4.78, 5) is 10.1. The van der Waals surface area contributed by atoms with Crippen LogP contribution in [0.15, 0.2) is 15.9 Å². The Morgan fingerprint density at radius 1 is 1.33 bits per heavy atom. The van der Waals surface area contributed by atoms with Crippen LogP contribution in [0.3, 0.4) is 0 Å². The molecule has 0 saturated heterocycles. The Hall–Kier alpha value is -0.210. The lowest BCUT2D eigenvalue weighted by Gasteiger charge is -2.20. The summed E-state index contributed by atoms with van der Waals surface area (Å²) >= 11 is 7.33. The molecule has 0 bridgehead atoms. The normalized spacial score (nSPS) is 11.8. The summed E-state index contributed by atoms with van der Waals surface area (Å²) in [7, 11) is 0. The van der Waals surface area contributed by atoms with Crippen LogP contribution >= 0.6 is 49.9 Å². The lowest BCUT2D eigenvalue weighted by atomic mass is 9.92. The van der Waals surface area contributed by atoms with Gasteiger partial charge in [-0.2, -0.15) is 0 Å². The minimum Gasteiger partial charge on any atom is -0.383 e. The minimum absolute atomic E-state index is 0.0495. The van der Waals surface area contributed by atoms with Crippen molar-refractivity contribution in [3.8, 4) is 10.7 Å². The summed E-state index contributed by atoms with van der Waals surface area (Å²) in [6, 6.07) is 1.99. The van der Waals surface area contributed by atoms with Gasteiger partial charge in [0.1, 0.15) is 5.82 Å². The highest BCUT2D eigenvalue weighted by Gasteiger charge is 2.23. The van der Waals surface area contributed by atoms with Crippen LogP contribution in [0.2, 0.25) is 0 Å². The van der Waals surface area contributed by atoms with E-state index in [9.17, 15) is 0 Å². The Morgan fingerprint density at radius 3 is 2.50 bits per heavy atom. The van der Waals surface area contributed by atoms with E-state index in [1.807, 2.05) is 11.4 Å². The lowest BCUT2D eigenvalue weighted by molar-refractivity contribution is 0.564. The molecule has 0 aliphatic carbocycles. The van der Waals surface area contributed by atoms with Gasteiger partial charge in [-0.05, 0) is 50.0 Å². The number of nitrogens with two attached hydrogens (primary N) is 1. The predicted octanol–water partition coefficient (Wildman–Crippen LogP) is 4.45. The van der Waals surface area contributed by atoms with Crippen LogP contribution in [-0.4, -0.2) is 9.97 Å². The van der Waals surface area contributed by atoms with Crippen molar-refractivity contribution < 1.29 is 0 Å². The highest BCUT2D eigenvalue weighted by Crippen LogP contribution is 2.35. The highest BCUT2D eigenvalue weighted by atomic mass is 127. The second-order valence-electron chi connectivity index (χ2n) is 4.94. The van der Waals surface area contributed by atoms with Crippen molar-refractivity contribution in [3.63, 3.8) is 0 Å². The van der Waals surface area contributed by atoms with Crippen LogP contribution in [-0.2, 0) is 5.41 Å². The summed E-state index contributed by atoms with van der Waals surface area (Å²) in [5, 5.41) is 2.01. The smallest absolute Gasteiger partial charge is 0.173 e. The molecule has 0 saturated carbocycles. The Labute approximate surface area is 132 Å². The van der Waals surface area contributed by atoms with Crippen molar-refractivity contribution in [2.75, 3.05) is 5.73 Å². The van der Waals surface area contributed by atoms with Gasteiger partial charge in [0, 0.05) is 9.89 Å². The Bertz CT molecular complexity index is 589. The molecule has 2 aromatic rings. The molecule has 2 heterocycles. The molecule has 0 aliphatic heterocycles. The van der Waals surface area contributed by atoms with E-state index in [1.165, 1.54) is 0 Å². The average Bonchev–Trinajstić information content (AvgIpc) is 2.66. The van der Waals surface area contributed by atoms with Gasteiger partial charge < -0.3 is 5.73 Å². The molecule has 6 heteroatoms. The fraction of sp³-hybridized carbons (Fsp3) is 0.333. The molecule has 0 radical (unpaired) electrons. The number of anilines is 1. The first-order chi connectivity index (χ1) is 8.30. The van der Waals surface area contributed by atoms with Crippen molar-refractivity contribution in [2.24, 2.45) is 0 Å². The molecule has 0 amide bonds. The second kappa shape index (κ2) is 5.05. The van der Waals surface area contributed by atoms with Crippen LogP contribution < -0.4 is 5.73 Å². The van der Waals surface area contributed by atoms with E-state index in [0.29, 0.717) is 11.6 Å². The van der Waals surface area contributed by atoms with E-state index in [0.717, 1.165) is 18.6 Å². The first-order valence-corrected chi connectivity index (χ1v) is 8.12. The van der Waals surface area contributed by atoms with Crippen LogP contribution in [0, 0.1) is 3.57 Å². The van der Waals surface area contributed by atoms with Gasteiger partial charge in [-0.15, -0.1) is 11.3 Å². The zero-order chi connectivity index (χ0) is 13.5. The van der Waals surface area contributed by atoms with E-state index in [-0.39, 0.29) is 5.41 Å². The quantitative estimate of drug-likeness (QED) is 0.670. The number of halogens is 2. The van der Waals surface area contributed by atoms with E-state index in [1.54, 1.807) is 11.3 Å². The monoisotopic (exact) mass is 437 g/mol. The molecule has 2 rings (SSSR count). The number of nitrogens with zero attached hydrogens (tertiary/aromatic N) is 2. The van der Waals surface area contributed by atoms with E-state index >= 15 is 0 Å². The molecule has 2 aromatic heterocycles. The van der Waals surface area contributed by atoms with Gasteiger partial charge in [-0.1, -0.05) is 20.8 Å². The van der Waals surface area contributed by atoms with Gasteiger partial charge >= 0.3 is 0 Å². The topological polar surface area (TPSA) is 51.8 Å². The standard InChI is InChI=1S/C12H13BrIN3S/c1-12(2,3)9-7(14)10(15)17-11(16-9)8-6(13)4-5-18-8/h4-5H,1-3H3,(H2,15,16,17). The van der Waals surface area contributed by atoms with Crippen molar-refractivity contribution in [2.45, 2.75) is 26.2 Å². The summed E-state index contributed by atoms with van der Waals surface area (Å²) in [5.74, 6) is 1.24. The van der Waals surface area contributed by atoms with Crippen molar-refractivity contribution in [1.82, 2.24) is 9.97 Å². The van der Waals surface area contributed by atoms with Gasteiger partial charge in [0.2, 0.25) is 0 Å². The Morgan fingerprint density at radius 2 is 2.00 bits per heavy atom. The van der Waals surface area contributed by atoms with Crippen LogP contribution in [0.4, 0.5) is 5.82 Å². The fourth-order valence-corrected chi connectivity index (χ4v) is 4.05. The maximum Gasteiger partial charge on any atom is 0.173 e. The number of rotatable bonds is 1. The Kier molecular flexibility index (Phi) is 3.99. The molecule has 0 spiro atoms. The van der Waals surface area contributed by atoms with Crippen molar-refractivity contribution >= 4 is 55.7 Å². The number of hydrogen-bond donors (Lipinski definition) is 1. The number of thiophene rings is 1. The molecule has 18 heavy (non-hydrogen) atoms. The third-order valence-corrected chi connectivity index (χ3v) is 5.30. The molecule has 3 nitrogen and oxygen atoms in total. The van der Waals surface area contributed by atoms with E-state index < -0.39 is 0 Å². The van der Waals surface area contributed by atoms with Gasteiger partial charge in [0.05, 0.1) is 14.1 Å². The largest absolute Gasteiger partial charge is 0.383 e. The fourth-order valence-electron chi connectivity index (χ4n) is 1.52. The summed E-state index contributed by atoms with van der Waals surface area (Å²) in [6.07, 6.45) is 0. The summed E-state index contributed by atoms with van der Waals surface area (Å²) in [6.45, 7) is 6.39. The van der Waals surface area contributed by atoms with Gasteiger partial charge in [-0.3, -0.25) is 0 Å². The van der Waals surface area contributed by atoms with Crippen molar-refractivity contribution in [3.05, 3.63) is 25.2 Å². The maximum absolute atomic E-state index is 6.01. The summed E-state index contributed by atoms with van der Waals surface area (Å²) < 4.78 is 1.95. The molecule has 0 aliphatic rings. The molecule has 0 fully saturated rings. The summed E-state index contributed by atoms with van der Waals surface area (Å²) in [5.41, 5.74) is 6.95. The third-order valence-electron chi connectivity index (χ3n) is 2.41. The average molecular weight is 438 g/mol. The highest BCUT2D eigenvalue weighted by molar-refractivity contribution is 14.1. The number of nitrogen functional groups attached to an aromatic ring is 1. The van der Waals surface area contributed by atoms with Crippen molar-refractivity contribution in [1.29, 1.82) is 0 Å². The van der Waals surface area contributed by atoms with Gasteiger partial charge in [0.15, 0.2) is 5.82 Å². The number of aromatic nitrogens is 2. The molecule has 96 valence electrons. The Balaban J connectivity index is 2.66. The first-order valence-electron chi connectivity index (χ1n) is 5.37. The lowest BCUT2D eigenvalue weighted by Crippen LogP contribution is -2.18. The minimum atomic E-state index is -0.0495. The first kappa shape index (κ1) is 14.2. The molecule has 0 aromatic carbocycles. The second-order valence-corrected chi connectivity index (χ2v) is 7.79. The molecular formula is C12H13BrIN3S. The van der Waals surface area contributed by atoms with Crippen LogP contribution in [0.1, 0.15) is 26.5 Å². The van der Waals surface area contributed by atoms with Crippen LogP contribution in [0.25, 0.3) is 10.7 Å². The van der Waals surface area contributed by atoms with E-state index in [2.05, 4.69) is 69.3 Å². The van der Waals surface area contributed by atoms with Gasteiger partial charge in [-0.25, -0.2) is 9.97 Å². The van der Waals surface area contributed by atoms with E-state index in [4.69, 9.17) is 5.73 Å². The molecular weight excluding hydrogens is 425 g/mol. The predicted molar refractivity (Wildman–Crippen MR) is 88.9 cm³/mol. The number of hydrogen-bond acceptors (Lipinski definition) is 4. The molecule has 0 atom stereocenters. The zero-order valence-electron chi connectivity index (χ0n) is 10.3. The SMILES string of the molecule is CC(C)(C)c1nc(-c2sccc2Br)nc(N)c1I. The molecule has 2 N–H and O–H groups in total. The zero-order valence-corrected chi connectivity index (χ0v) is 14.9. The maximum atomic E-state index is 6.01. The van der Waals surface area contributed by atoms with Crippen LogP contribution in [0.5, 0.6) is 0 Å². The van der Waals surface area contributed by atoms with Gasteiger partial charge in [0.25, 0.3) is 0 Å².